The third-order valence-electron chi connectivity index (χ3n) is 5.03. The molecule has 0 saturated heterocycles. The quantitative estimate of drug-likeness (QED) is 0.867. The first-order valence-electron chi connectivity index (χ1n) is 8.21. The summed E-state index contributed by atoms with van der Waals surface area (Å²) in [6, 6.07) is 2.15. The van der Waals surface area contributed by atoms with Crippen molar-refractivity contribution < 1.29 is 9.21 Å². The number of aromatic nitrogens is 2. The van der Waals surface area contributed by atoms with Crippen LogP contribution in [0.2, 0.25) is 0 Å². The van der Waals surface area contributed by atoms with Crippen molar-refractivity contribution in [3.63, 3.8) is 0 Å². The molecule has 2 aromatic rings. The molecule has 124 valence electrons. The Balaban J connectivity index is 1.81. The Hall–Kier alpha value is -2.04. The van der Waals surface area contributed by atoms with Crippen LogP contribution in [0.4, 0.5) is 0 Å². The van der Waals surface area contributed by atoms with Gasteiger partial charge in [0.15, 0.2) is 0 Å². The van der Waals surface area contributed by atoms with Crippen molar-refractivity contribution in [3.05, 3.63) is 30.4 Å². The lowest BCUT2D eigenvalue weighted by atomic mass is 9.75. The minimum absolute atomic E-state index is 0.0407. The average Bonchev–Trinajstić information content (AvgIpc) is 3.14. The molecule has 0 unspecified atom stereocenters. The van der Waals surface area contributed by atoms with Crippen molar-refractivity contribution in [3.8, 4) is 11.3 Å². The van der Waals surface area contributed by atoms with Gasteiger partial charge in [0.05, 0.1) is 18.1 Å². The molecule has 0 spiro atoms. The van der Waals surface area contributed by atoms with Crippen LogP contribution < -0.4 is 0 Å². The van der Waals surface area contributed by atoms with E-state index >= 15 is 0 Å². The molecule has 5 heteroatoms. The summed E-state index contributed by atoms with van der Waals surface area (Å²) in [7, 11) is 3.75. The van der Waals surface area contributed by atoms with Crippen LogP contribution in [0.3, 0.4) is 0 Å². The number of aryl methyl sites for hydroxylation is 1. The maximum absolute atomic E-state index is 13.0. The number of amides is 1. The molecule has 0 atom stereocenters. The minimum Gasteiger partial charge on any atom is -0.472 e. The van der Waals surface area contributed by atoms with E-state index in [1.165, 1.54) is 0 Å². The lowest BCUT2D eigenvalue weighted by molar-refractivity contribution is 0.0636. The first-order chi connectivity index (χ1) is 10.9. The van der Waals surface area contributed by atoms with E-state index < -0.39 is 0 Å². The number of carbonyl (C=O) groups is 1. The third kappa shape index (κ3) is 3.19. The summed E-state index contributed by atoms with van der Waals surface area (Å²) in [5.74, 6) is 0.0407. The van der Waals surface area contributed by atoms with Gasteiger partial charge in [0.25, 0.3) is 5.91 Å². The molecule has 2 aromatic heterocycles. The predicted octanol–water partition coefficient (Wildman–Crippen LogP) is 3.72. The Morgan fingerprint density at radius 2 is 2.09 bits per heavy atom. The molecule has 0 aromatic carbocycles. The zero-order valence-corrected chi connectivity index (χ0v) is 14.4. The van der Waals surface area contributed by atoms with Crippen LogP contribution in [0.5, 0.6) is 0 Å². The van der Waals surface area contributed by atoms with Crippen LogP contribution in [0.25, 0.3) is 11.3 Å². The van der Waals surface area contributed by atoms with Gasteiger partial charge in [-0.15, -0.1) is 0 Å². The number of nitrogens with zero attached hydrogens (tertiary/aromatic N) is 3. The molecular formula is C18H25N3O2. The monoisotopic (exact) mass is 315 g/mol. The molecule has 0 aliphatic heterocycles. The van der Waals surface area contributed by atoms with Gasteiger partial charge in [-0.1, -0.05) is 13.8 Å². The topological polar surface area (TPSA) is 51.3 Å². The molecule has 3 rings (SSSR count). The normalized spacial score (nSPS) is 18.1. The van der Waals surface area contributed by atoms with Gasteiger partial charge in [0.2, 0.25) is 0 Å². The minimum atomic E-state index is 0.0407. The molecule has 1 fully saturated rings. The lowest BCUT2D eigenvalue weighted by Gasteiger charge is -2.38. The molecule has 5 nitrogen and oxygen atoms in total. The highest BCUT2D eigenvalue weighted by Crippen LogP contribution is 2.37. The first kappa shape index (κ1) is 15.8. The van der Waals surface area contributed by atoms with Crippen molar-refractivity contribution in [1.82, 2.24) is 14.7 Å². The highest BCUT2D eigenvalue weighted by atomic mass is 16.3. The van der Waals surface area contributed by atoms with E-state index in [4.69, 9.17) is 4.42 Å². The van der Waals surface area contributed by atoms with Crippen molar-refractivity contribution in [2.24, 2.45) is 12.5 Å². The van der Waals surface area contributed by atoms with Gasteiger partial charge < -0.3 is 9.32 Å². The van der Waals surface area contributed by atoms with Gasteiger partial charge in [0, 0.05) is 31.9 Å². The summed E-state index contributed by atoms with van der Waals surface area (Å²) >= 11 is 0. The van der Waals surface area contributed by atoms with Crippen LogP contribution in [0.1, 0.15) is 49.9 Å². The van der Waals surface area contributed by atoms with Crippen LogP contribution in [0.15, 0.2) is 29.2 Å². The summed E-state index contributed by atoms with van der Waals surface area (Å²) in [6.07, 6.45) is 9.49. The van der Waals surface area contributed by atoms with Gasteiger partial charge in [-0.25, -0.2) is 0 Å². The second-order valence-electron chi connectivity index (χ2n) is 7.39. The van der Waals surface area contributed by atoms with Crippen LogP contribution >= 0.6 is 0 Å². The van der Waals surface area contributed by atoms with Gasteiger partial charge in [0.1, 0.15) is 5.69 Å². The van der Waals surface area contributed by atoms with Gasteiger partial charge in [-0.2, -0.15) is 5.10 Å². The Morgan fingerprint density at radius 1 is 1.39 bits per heavy atom. The summed E-state index contributed by atoms with van der Waals surface area (Å²) in [6.45, 7) is 4.62. The Labute approximate surface area is 137 Å². The SMILES string of the molecule is CN(C(=O)c1cn(C)nc1-c1ccoc1)C1CCC(C)(C)CC1. The molecule has 0 bridgehead atoms. The summed E-state index contributed by atoms with van der Waals surface area (Å²) in [4.78, 5) is 14.9. The fourth-order valence-electron chi connectivity index (χ4n) is 3.38. The molecule has 0 radical (unpaired) electrons. The standard InChI is InChI=1S/C18H25N3O2/c1-18(2)8-5-14(6-9-18)21(4)17(22)15-11-20(3)19-16(15)13-7-10-23-12-13/h7,10-12,14H,5-6,8-9H2,1-4H3. The lowest BCUT2D eigenvalue weighted by Crippen LogP contribution is -2.40. The summed E-state index contributed by atoms with van der Waals surface area (Å²) < 4.78 is 6.83. The molecule has 1 saturated carbocycles. The maximum atomic E-state index is 13.0. The fraction of sp³-hybridized carbons (Fsp3) is 0.556. The van der Waals surface area contributed by atoms with Crippen molar-refractivity contribution in [1.29, 1.82) is 0 Å². The Morgan fingerprint density at radius 3 is 2.70 bits per heavy atom. The molecule has 1 amide bonds. The van der Waals surface area contributed by atoms with Gasteiger partial charge in [-0.3, -0.25) is 9.48 Å². The third-order valence-corrected chi connectivity index (χ3v) is 5.03. The van der Waals surface area contributed by atoms with Gasteiger partial charge >= 0.3 is 0 Å². The maximum Gasteiger partial charge on any atom is 0.257 e. The second-order valence-corrected chi connectivity index (χ2v) is 7.39. The summed E-state index contributed by atoms with van der Waals surface area (Å²) in [5.41, 5.74) is 2.57. The zero-order chi connectivity index (χ0) is 16.6. The molecule has 2 heterocycles. The zero-order valence-electron chi connectivity index (χ0n) is 14.4. The number of carbonyl (C=O) groups excluding carboxylic acids is 1. The Bertz CT molecular complexity index is 675. The number of rotatable bonds is 3. The van der Waals surface area contributed by atoms with Crippen molar-refractivity contribution in [2.75, 3.05) is 7.05 Å². The van der Waals surface area contributed by atoms with Crippen LogP contribution in [0, 0.1) is 5.41 Å². The number of hydrogen-bond acceptors (Lipinski definition) is 3. The van der Waals surface area contributed by atoms with Gasteiger partial charge in [-0.05, 0) is 37.2 Å². The van der Waals surface area contributed by atoms with E-state index in [2.05, 4.69) is 18.9 Å². The molecule has 1 aliphatic rings. The predicted molar refractivity (Wildman–Crippen MR) is 89.0 cm³/mol. The summed E-state index contributed by atoms with van der Waals surface area (Å²) in [5, 5.41) is 4.43. The van der Waals surface area contributed by atoms with Crippen LogP contribution in [-0.4, -0.2) is 33.7 Å². The van der Waals surface area contributed by atoms with Crippen molar-refractivity contribution in [2.45, 2.75) is 45.6 Å². The Kier molecular flexibility index (Phi) is 4.04. The molecule has 0 N–H and O–H groups in total. The van der Waals surface area contributed by atoms with E-state index in [0.717, 1.165) is 31.2 Å². The highest BCUT2D eigenvalue weighted by Gasteiger charge is 2.32. The first-order valence-corrected chi connectivity index (χ1v) is 8.21. The second kappa shape index (κ2) is 5.87. The largest absolute Gasteiger partial charge is 0.472 e. The molecular weight excluding hydrogens is 290 g/mol. The van der Waals surface area contributed by atoms with Crippen molar-refractivity contribution >= 4 is 5.91 Å². The van der Waals surface area contributed by atoms with E-state index in [1.807, 2.05) is 25.1 Å². The average molecular weight is 315 g/mol. The fourth-order valence-corrected chi connectivity index (χ4v) is 3.38. The smallest absolute Gasteiger partial charge is 0.257 e. The van der Waals surface area contributed by atoms with E-state index in [0.29, 0.717) is 22.7 Å². The number of furan rings is 1. The van der Waals surface area contributed by atoms with Crippen LogP contribution in [-0.2, 0) is 7.05 Å². The number of hydrogen-bond donors (Lipinski definition) is 0. The van der Waals surface area contributed by atoms with E-state index in [1.54, 1.807) is 23.4 Å². The van der Waals surface area contributed by atoms with E-state index in [9.17, 15) is 4.79 Å². The highest BCUT2D eigenvalue weighted by molar-refractivity contribution is 5.99. The molecule has 1 aliphatic carbocycles. The molecule has 23 heavy (non-hydrogen) atoms. The van der Waals surface area contributed by atoms with E-state index in [-0.39, 0.29) is 5.91 Å².